The second-order valence-electron chi connectivity index (χ2n) is 16.9. The van der Waals surface area contributed by atoms with E-state index in [1.165, 1.54) is 0 Å². The van der Waals surface area contributed by atoms with Crippen LogP contribution in [0.25, 0.3) is 55.3 Å². The van der Waals surface area contributed by atoms with Crippen LogP contribution in [0.15, 0.2) is 267 Å². The monoisotopic (exact) mass is 872 g/mol. The predicted molar refractivity (Wildman–Crippen MR) is 282 cm³/mol. The van der Waals surface area contributed by atoms with Crippen LogP contribution in [-0.2, 0) is 0 Å². The highest BCUT2D eigenvalue weighted by Crippen LogP contribution is 2.61. The first-order valence-electron chi connectivity index (χ1n) is 23.0. The van der Waals surface area contributed by atoms with Crippen molar-refractivity contribution in [2.24, 2.45) is 0 Å². The zero-order chi connectivity index (χ0) is 45.2. The van der Waals surface area contributed by atoms with Crippen molar-refractivity contribution >= 4 is 44.9 Å². The number of ether oxygens (including phenoxy) is 2. The maximum Gasteiger partial charge on any atom is 0.196 e. The summed E-state index contributed by atoms with van der Waals surface area (Å²) in [5.41, 5.74) is 14.8. The first-order chi connectivity index (χ1) is 33.7. The standard InChI is InChI=1S/C64H44N2O2/c1-5-17-45(18-6-1)49-29-37-53(38-30-49)65(54-39-31-50(32-40-54)46-19-7-2-8-20-46)61-57-25-13-14-26-58(57)62(64-63(61)67-59-27-15-16-28-60(59)68-64)66(55-41-33-51(34-42-55)47-21-9-3-10-22-47)56-43-35-52(36-44-56)48-23-11-4-12-24-48/h1-44H. The smallest absolute Gasteiger partial charge is 0.196 e. The van der Waals surface area contributed by atoms with Crippen LogP contribution in [0.5, 0.6) is 23.0 Å². The number of nitrogens with zero attached hydrogens (tertiary/aromatic N) is 2. The molecule has 68 heavy (non-hydrogen) atoms. The number of hydrogen-bond acceptors (Lipinski definition) is 4. The van der Waals surface area contributed by atoms with Crippen molar-refractivity contribution in [2.45, 2.75) is 0 Å². The zero-order valence-corrected chi connectivity index (χ0v) is 37.1. The summed E-state index contributed by atoms with van der Waals surface area (Å²) in [7, 11) is 0. The molecular weight excluding hydrogens is 829 g/mol. The van der Waals surface area contributed by atoms with E-state index in [0.29, 0.717) is 23.0 Å². The molecule has 11 aromatic carbocycles. The van der Waals surface area contributed by atoms with Crippen molar-refractivity contribution < 1.29 is 9.47 Å². The van der Waals surface area contributed by atoms with Gasteiger partial charge in [0.25, 0.3) is 0 Å². The van der Waals surface area contributed by atoms with Crippen LogP contribution in [0.4, 0.5) is 34.1 Å². The summed E-state index contributed by atoms with van der Waals surface area (Å²) >= 11 is 0. The fraction of sp³-hybridized carbons (Fsp3) is 0. The Hall–Kier alpha value is -9.12. The summed E-state index contributed by atoms with van der Waals surface area (Å²) < 4.78 is 14.5. The predicted octanol–water partition coefficient (Wildman–Crippen LogP) is 18.3. The van der Waals surface area contributed by atoms with Crippen LogP contribution in [0.2, 0.25) is 0 Å². The number of anilines is 6. The van der Waals surface area contributed by atoms with Gasteiger partial charge in [-0.1, -0.05) is 206 Å². The van der Waals surface area contributed by atoms with E-state index in [0.717, 1.165) is 89.4 Å². The summed E-state index contributed by atoms with van der Waals surface area (Å²) in [6, 6.07) is 93.9. The fourth-order valence-electron chi connectivity index (χ4n) is 9.38. The van der Waals surface area contributed by atoms with Gasteiger partial charge in [-0.15, -0.1) is 0 Å². The van der Waals surface area contributed by atoms with E-state index in [4.69, 9.17) is 9.47 Å². The molecule has 0 N–H and O–H groups in total. The Morgan fingerprint density at radius 3 is 0.691 bits per heavy atom. The van der Waals surface area contributed by atoms with E-state index in [1.54, 1.807) is 0 Å². The molecule has 0 aliphatic carbocycles. The van der Waals surface area contributed by atoms with Crippen molar-refractivity contribution in [3.63, 3.8) is 0 Å². The average molecular weight is 873 g/mol. The lowest BCUT2D eigenvalue weighted by molar-refractivity contribution is 0.362. The van der Waals surface area contributed by atoms with Gasteiger partial charge in [-0.3, -0.25) is 0 Å². The molecule has 12 rings (SSSR count). The molecule has 322 valence electrons. The van der Waals surface area contributed by atoms with Crippen LogP contribution in [0.1, 0.15) is 0 Å². The van der Waals surface area contributed by atoms with Crippen LogP contribution < -0.4 is 19.3 Å². The van der Waals surface area contributed by atoms with Crippen molar-refractivity contribution in [3.8, 4) is 67.5 Å². The highest BCUT2D eigenvalue weighted by atomic mass is 16.6. The lowest BCUT2D eigenvalue weighted by Gasteiger charge is -2.36. The third-order valence-electron chi connectivity index (χ3n) is 12.7. The molecule has 0 atom stereocenters. The Bertz CT molecular complexity index is 3100. The van der Waals surface area contributed by atoms with Gasteiger partial charge in [0.1, 0.15) is 11.4 Å². The number of rotatable bonds is 10. The van der Waals surface area contributed by atoms with Gasteiger partial charge in [-0.05, 0) is 105 Å². The quantitative estimate of drug-likeness (QED) is 0.128. The summed E-state index contributed by atoms with van der Waals surface area (Å²) in [6.07, 6.45) is 0. The van der Waals surface area contributed by atoms with E-state index in [2.05, 4.69) is 252 Å². The molecule has 1 aliphatic heterocycles. The van der Waals surface area contributed by atoms with E-state index in [9.17, 15) is 0 Å². The van der Waals surface area contributed by atoms with Crippen molar-refractivity contribution in [2.75, 3.05) is 9.80 Å². The van der Waals surface area contributed by atoms with Gasteiger partial charge in [0, 0.05) is 33.5 Å². The summed E-state index contributed by atoms with van der Waals surface area (Å²) in [5.74, 6) is 2.52. The van der Waals surface area contributed by atoms with Crippen molar-refractivity contribution in [3.05, 3.63) is 267 Å². The van der Waals surface area contributed by atoms with Gasteiger partial charge < -0.3 is 19.3 Å². The molecular formula is C64H44N2O2. The van der Waals surface area contributed by atoms with Crippen LogP contribution >= 0.6 is 0 Å². The molecule has 4 heteroatoms. The Kier molecular flexibility index (Phi) is 10.5. The maximum absolute atomic E-state index is 7.25. The third-order valence-corrected chi connectivity index (χ3v) is 12.7. The first kappa shape index (κ1) is 40.4. The minimum Gasteiger partial charge on any atom is -0.447 e. The van der Waals surface area contributed by atoms with E-state index >= 15 is 0 Å². The van der Waals surface area contributed by atoms with Gasteiger partial charge >= 0.3 is 0 Å². The lowest BCUT2D eigenvalue weighted by Crippen LogP contribution is -2.17. The van der Waals surface area contributed by atoms with Crippen LogP contribution in [-0.4, -0.2) is 0 Å². The van der Waals surface area contributed by atoms with Gasteiger partial charge in [0.05, 0.1) is 0 Å². The maximum atomic E-state index is 7.25. The average Bonchev–Trinajstić information content (AvgIpc) is 3.43. The van der Waals surface area contributed by atoms with E-state index in [1.807, 2.05) is 24.3 Å². The van der Waals surface area contributed by atoms with Crippen molar-refractivity contribution in [1.29, 1.82) is 0 Å². The Morgan fingerprint density at radius 1 is 0.206 bits per heavy atom. The number of benzene rings is 11. The first-order valence-corrected chi connectivity index (χ1v) is 23.0. The van der Waals surface area contributed by atoms with Crippen LogP contribution in [0.3, 0.4) is 0 Å². The molecule has 0 amide bonds. The number of para-hydroxylation sites is 2. The molecule has 0 saturated carbocycles. The van der Waals surface area contributed by atoms with Crippen molar-refractivity contribution in [1.82, 2.24) is 0 Å². The molecule has 1 heterocycles. The largest absolute Gasteiger partial charge is 0.447 e. The second-order valence-corrected chi connectivity index (χ2v) is 16.9. The number of hydrogen-bond donors (Lipinski definition) is 0. The highest BCUT2D eigenvalue weighted by Gasteiger charge is 2.35. The molecule has 11 aromatic rings. The molecule has 0 saturated heterocycles. The van der Waals surface area contributed by atoms with E-state index in [-0.39, 0.29) is 0 Å². The van der Waals surface area contributed by atoms with Crippen LogP contribution in [0, 0.1) is 0 Å². The number of fused-ring (bicyclic) bond motifs is 3. The molecule has 0 spiro atoms. The SMILES string of the molecule is c1ccc(-c2ccc(N(c3ccc(-c4ccccc4)cc3)c3c4c(c(N(c5ccc(-c6ccccc6)cc5)c5ccc(-c6ccccc6)cc5)c5ccccc35)Oc3ccccc3O4)cc2)cc1. The minimum atomic E-state index is 0.614. The normalized spacial score (nSPS) is 11.5. The van der Waals surface area contributed by atoms with E-state index < -0.39 is 0 Å². The highest BCUT2D eigenvalue weighted by molar-refractivity contribution is 6.13. The summed E-state index contributed by atoms with van der Waals surface area (Å²) in [6.45, 7) is 0. The Morgan fingerprint density at radius 2 is 0.426 bits per heavy atom. The molecule has 0 fully saturated rings. The van der Waals surface area contributed by atoms with Gasteiger partial charge in [0.2, 0.25) is 0 Å². The second kappa shape index (κ2) is 17.7. The van der Waals surface area contributed by atoms with Gasteiger partial charge in [-0.2, -0.15) is 0 Å². The minimum absolute atomic E-state index is 0.614. The lowest BCUT2D eigenvalue weighted by atomic mass is 9.98. The summed E-state index contributed by atoms with van der Waals surface area (Å²) in [4.78, 5) is 4.64. The fourth-order valence-corrected chi connectivity index (χ4v) is 9.38. The molecule has 0 radical (unpaired) electrons. The molecule has 1 aliphatic rings. The Balaban J connectivity index is 1.11. The van der Waals surface area contributed by atoms with Gasteiger partial charge in [-0.25, -0.2) is 0 Å². The molecule has 0 unspecified atom stereocenters. The summed E-state index contributed by atoms with van der Waals surface area (Å²) in [5, 5.41) is 1.99. The zero-order valence-electron chi connectivity index (χ0n) is 37.1. The molecule has 0 aromatic heterocycles. The topological polar surface area (TPSA) is 24.9 Å². The van der Waals surface area contributed by atoms with Gasteiger partial charge in [0.15, 0.2) is 23.0 Å². The molecule has 4 nitrogen and oxygen atoms in total. The third kappa shape index (κ3) is 7.60. The molecule has 0 bridgehead atoms. The Labute approximate surface area is 396 Å².